The number of phosphoric acid groups is 2. The zero-order valence-corrected chi connectivity index (χ0v) is 21.4. The summed E-state index contributed by atoms with van der Waals surface area (Å²) in [5.41, 5.74) is 1.20. The van der Waals surface area contributed by atoms with E-state index in [0.717, 1.165) is 32.8 Å². The molecule has 1 aliphatic heterocycles. The van der Waals surface area contributed by atoms with Crippen molar-refractivity contribution in [3.8, 4) is 11.5 Å². The summed E-state index contributed by atoms with van der Waals surface area (Å²) in [6.07, 6.45) is 2.83. The molecule has 5 N–H and O–H groups in total. The third kappa shape index (κ3) is 7.35. The molecule has 0 unspecified atom stereocenters. The van der Waals surface area contributed by atoms with E-state index in [0.29, 0.717) is 29.1 Å². The molecule has 21 heteroatoms. The smallest absolute Gasteiger partial charge is 0.379 e. The fourth-order valence-electron chi connectivity index (χ4n) is 3.54. The summed E-state index contributed by atoms with van der Waals surface area (Å²) in [5.74, 6) is 0.197. The van der Waals surface area contributed by atoms with Gasteiger partial charge in [-0.05, 0) is 4.92 Å². The van der Waals surface area contributed by atoms with Crippen LogP contribution in [0.4, 0.5) is 5.82 Å². The highest BCUT2D eigenvalue weighted by molar-refractivity contribution is 7.60. The number of rotatable bonds is 7. The van der Waals surface area contributed by atoms with Crippen LogP contribution in [0.3, 0.4) is 0 Å². The molecule has 4 heterocycles. The first kappa shape index (κ1) is 28.7. The zero-order chi connectivity index (χ0) is 27.5. The minimum absolute atomic E-state index is 0.135. The predicted octanol–water partition coefficient (Wildman–Crippen LogP) is -0.921. The van der Waals surface area contributed by atoms with E-state index in [1.807, 2.05) is 0 Å². The Kier molecular flexibility index (Phi) is 8.74. The Balaban J connectivity index is 0.000000364. The van der Waals surface area contributed by atoms with Crippen LogP contribution < -0.4 is 5.49 Å². The maximum atomic E-state index is 11.1. The minimum atomic E-state index is -5.05. The van der Waals surface area contributed by atoms with Crippen molar-refractivity contribution in [2.24, 2.45) is 14.1 Å². The summed E-state index contributed by atoms with van der Waals surface area (Å²) in [5, 5.41) is 24.8. The van der Waals surface area contributed by atoms with Crippen molar-refractivity contribution in [3.05, 3.63) is 28.1 Å². The highest BCUT2D eigenvalue weighted by Crippen LogP contribution is 2.53. The monoisotopic (exact) mass is 565 g/mol. The van der Waals surface area contributed by atoms with E-state index in [9.17, 15) is 19.2 Å². The first-order valence-electron chi connectivity index (χ1n) is 10.4. The Hall–Kier alpha value is -2.86. The molecule has 4 rings (SSSR count). The number of nitrogens with one attached hydrogen (secondary N) is 1. The van der Waals surface area contributed by atoms with Gasteiger partial charge in [-0.25, -0.2) is 28.3 Å². The summed E-state index contributed by atoms with van der Waals surface area (Å²) >= 11 is 0. The van der Waals surface area contributed by atoms with Gasteiger partial charge in [0.25, 0.3) is 0 Å². The molecule has 1 fully saturated rings. The zero-order valence-electron chi connectivity index (χ0n) is 19.6. The third-order valence-corrected chi connectivity index (χ3v) is 6.90. The van der Waals surface area contributed by atoms with Crippen LogP contribution in [-0.4, -0.2) is 91.1 Å². The van der Waals surface area contributed by atoms with E-state index in [1.54, 1.807) is 29.7 Å². The first-order chi connectivity index (χ1) is 17.2. The molecular formula is C16H25N9O10P2. The fraction of sp³-hybridized carbons (Fsp3) is 0.500. The SMILES string of the molecule is Cn1c([N+](=O)[O-])cnc1-c1nn(C)c2ncn(CCN3CCOCC3)c(=N)c12.O=P(O)(O)OP(=O)(O)O. The lowest BCUT2D eigenvalue weighted by Gasteiger charge is -2.26. The van der Waals surface area contributed by atoms with E-state index in [-0.39, 0.29) is 11.3 Å². The number of aromatic nitrogens is 6. The largest absolute Gasteiger partial charge is 0.478 e. The number of fused-ring (bicyclic) bond motifs is 1. The highest BCUT2D eigenvalue weighted by atomic mass is 31.3. The maximum Gasteiger partial charge on any atom is 0.478 e. The van der Waals surface area contributed by atoms with Crippen molar-refractivity contribution < 1.29 is 42.7 Å². The fourth-order valence-corrected chi connectivity index (χ4v) is 4.64. The Bertz CT molecular complexity index is 1410. The van der Waals surface area contributed by atoms with Crippen LogP contribution in [-0.2, 0) is 38.8 Å². The van der Waals surface area contributed by atoms with Crippen LogP contribution in [0, 0.1) is 15.5 Å². The van der Waals surface area contributed by atoms with E-state index in [2.05, 4.69) is 24.3 Å². The van der Waals surface area contributed by atoms with Crippen molar-refractivity contribution in [1.29, 1.82) is 5.41 Å². The molecule has 37 heavy (non-hydrogen) atoms. The average molecular weight is 565 g/mol. The van der Waals surface area contributed by atoms with E-state index in [4.69, 9.17) is 29.7 Å². The molecule has 0 aliphatic carbocycles. The van der Waals surface area contributed by atoms with Crippen molar-refractivity contribution in [2.75, 3.05) is 32.8 Å². The second-order valence-electron chi connectivity index (χ2n) is 7.73. The molecule has 3 aromatic rings. The molecule has 1 aliphatic rings. The Labute approximate surface area is 208 Å². The highest BCUT2D eigenvalue weighted by Gasteiger charge is 2.28. The molecule has 0 amide bonds. The molecule has 0 aromatic carbocycles. The Morgan fingerprint density at radius 1 is 1.14 bits per heavy atom. The number of hydrogen-bond donors (Lipinski definition) is 5. The lowest BCUT2D eigenvalue weighted by Crippen LogP contribution is -2.39. The van der Waals surface area contributed by atoms with Crippen molar-refractivity contribution in [1.82, 2.24) is 33.8 Å². The topological polar surface area (TPSA) is 257 Å². The summed E-state index contributed by atoms with van der Waals surface area (Å²) in [7, 11) is -6.81. The molecule has 0 atom stereocenters. The summed E-state index contributed by atoms with van der Waals surface area (Å²) in [4.78, 5) is 52.5. The quantitative estimate of drug-likeness (QED) is 0.132. The van der Waals surface area contributed by atoms with Gasteiger partial charge in [-0.1, -0.05) is 0 Å². The van der Waals surface area contributed by atoms with Crippen LogP contribution in [0.15, 0.2) is 12.5 Å². The number of ether oxygens (including phenoxy) is 1. The summed E-state index contributed by atoms with van der Waals surface area (Å²) in [6, 6.07) is 0. The molecule has 3 aromatic heterocycles. The van der Waals surface area contributed by atoms with Gasteiger partial charge in [0.05, 0.1) is 32.0 Å². The molecule has 1 saturated heterocycles. The Morgan fingerprint density at radius 3 is 2.27 bits per heavy atom. The van der Waals surface area contributed by atoms with Crippen LogP contribution >= 0.6 is 15.6 Å². The van der Waals surface area contributed by atoms with Crippen LogP contribution in [0.5, 0.6) is 0 Å². The summed E-state index contributed by atoms with van der Waals surface area (Å²) < 4.78 is 32.3. The maximum absolute atomic E-state index is 11.1. The van der Waals surface area contributed by atoms with Gasteiger partial charge in [-0.2, -0.15) is 9.41 Å². The van der Waals surface area contributed by atoms with Crippen molar-refractivity contribution >= 4 is 32.5 Å². The Morgan fingerprint density at radius 2 is 1.76 bits per heavy atom. The molecule has 0 spiro atoms. The van der Waals surface area contributed by atoms with E-state index in [1.165, 1.54) is 10.8 Å². The molecular weight excluding hydrogens is 540 g/mol. The molecule has 204 valence electrons. The molecule has 0 saturated carbocycles. The second kappa shape index (κ2) is 11.3. The van der Waals surface area contributed by atoms with Crippen LogP contribution in [0.2, 0.25) is 0 Å². The van der Waals surface area contributed by atoms with Crippen molar-refractivity contribution in [3.63, 3.8) is 0 Å². The molecule has 19 nitrogen and oxygen atoms in total. The average Bonchev–Trinajstić information content (AvgIpc) is 3.32. The predicted molar refractivity (Wildman–Crippen MR) is 124 cm³/mol. The lowest BCUT2D eigenvalue weighted by molar-refractivity contribution is -0.391. The molecule has 0 bridgehead atoms. The lowest BCUT2D eigenvalue weighted by atomic mass is 10.2. The number of nitro groups is 1. The van der Waals surface area contributed by atoms with Gasteiger partial charge in [0, 0.05) is 33.2 Å². The third-order valence-electron chi connectivity index (χ3n) is 5.20. The van der Waals surface area contributed by atoms with Gasteiger partial charge in [0.1, 0.15) is 11.7 Å². The molecule has 0 radical (unpaired) electrons. The number of aryl methyl sites for hydroxylation is 1. The van der Waals surface area contributed by atoms with E-state index >= 15 is 0 Å². The van der Waals surface area contributed by atoms with Gasteiger partial charge in [0.15, 0.2) is 11.3 Å². The van der Waals surface area contributed by atoms with Gasteiger partial charge in [-0.3, -0.25) is 10.3 Å². The number of nitrogens with zero attached hydrogens (tertiary/aromatic N) is 8. The normalized spacial score (nSPS) is 15.0. The van der Waals surface area contributed by atoms with Gasteiger partial charge >= 0.3 is 21.5 Å². The number of imidazole rings is 1. The minimum Gasteiger partial charge on any atom is -0.379 e. The first-order valence-corrected chi connectivity index (χ1v) is 13.5. The summed E-state index contributed by atoms with van der Waals surface area (Å²) in [6.45, 7) is 4.59. The van der Waals surface area contributed by atoms with Gasteiger partial charge < -0.3 is 39.0 Å². The van der Waals surface area contributed by atoms with Gasteiger partial charge in [0.2, 0.25) is 5.82 Å². The number of morpholine rings is 1. The van der Waals surface area contributed by atoms with Crippen LogP contribution in [0.25, 0.3) is 22.6 Å². The number of hydrogen-bond acceptors (Lipinski definition) is 11. The standard InChI is InChI=1S/C16H21N9O3.H4O7P2/c1-21-11(25(26)27)9-18-16(21)13-12-14(17)24(10-19-15(12)22(2)20-13)4-3-23-5-7-28-8-6-23;1-8(2,3)7-9(4,5)6/h9-10,17H,3-8H2,1-2H3;(H2,1,2,3)(H2,4,5,6). The van der Waals surface area contributed by atoms with Crippen LogP contribution in [0.1, 0.15) is 0 Å². The second-order valence-corrected chi connectivity index (χ2v) is 10.3. The van der Waals surface area contributed by atoms with Gasteiger partial charge in [-0.15, -0.1) is 0 Å². The van der Waals surface area contributed by atoms with Crippen molar-refractivity contribution in [2.45, 2.75) is 6.54 Å². The van der Waals surface area contributed by atoms with E-state index < -0.39 is 20.6 Å².